The number of aromatic nitrogens is 4. The van der Waals surface area contributed by atoms with Crippen molar-refractivity contribution in [3.8, 4) is 5.82 Å². The molecule has 1 amide bonds. The zero-order chi connectivity index (χ0) is 16.9. The minimum Gasteiger partial charge on any atom is -0.363 e. The summed E-state index contributed by atoms with van der Waals surface area (Å²) >= 11 is 0. The van der Waals surface area contributed by atoms with Gasteiger partial charge >= 0.3 is 0 Å². The van der Waals surface area contributed by atoms with Crippen molar-refractivity contribution < 1.29 is 4.79 Å². The van der Waals surface area contributed by atoms with Crippen molar-refractivity contribution in [3.05, 3.63) is 66.2 Å². The zero-order valence-electron chi connectivity index (χ0n) is 13.5. The summed E-state index contributed by atoms with van der Waals surface area (Å²) in [6.07, 6.45) is 6.86. The van der Waals surface area contributed by atoms with Crippen molar-refractivity contribution >= 4 is 11.7 Å². The molecule has 0 radical (unpaired) electrons. The Hall–Kier alpha value is -3.22. The van der Waals surface area contributed by atoms with Crippen LogP contribution in [0.1, 0.15) is 15.9 Å². The molecule has 0 bridgehead atoms. The van der Waals surface area contributed by atoms with Crippen LogP contribution < -0.4 is 10.2 Å². The highest BCUT2D eigenvalue weighted by atomic mass is 16.1. The summed E-state index contributed by atoms with van der Waals surface area (Å²) in [6.45, 7) is 0.412. The summed E-state index contributed by atoms with van der Waals surface area (Å²) in [5, 5.41) is 7.06. The predicted octanol–water partition coefficient (Wildman–Crippen LogP) is 1.66. The van der Waals surface area contributed by atoms with Gasteiger partial charge in [-0.05, 0) is 35.9 Å². The van der Waals surface area contributed by atoms with Gasteiger partial charge < -0.3 is 10.2 Å². The highest BCUT2D eigenvalue weighted by molar-refractivity contribution is 5.94. The summed E-state index contributed by atoms with van der Waals surface area (Å²) in [7, 11) is 3.77. The summed E-state index contributed by atoms with van der Waals surface area (Å²) in [5.74, 6) is 1.32. The van der Waals surface area contributed by atoms with Gasteiger partial charge in [0.2, 0.25) is 0 Å². The Bertz CT molecular complexity index is 829. The SMILES string of the molecule is CN(C)c1cc(C(=O)NCc2ccnc(-n3cccn3)c2)ccn1. The number of nitrogens with zero attached hydrogens (tertiary/aromatic N) is 5. The van der Waals surface area contributed by atoms with Crippen molar-refractivity contribution in [1.82, 2.24) is 25.1 Å². The first-order valence-corrected chi connectivity index (χ1v) is 7.50. The van der Waals surface area contributed by atoms with Gasteiger partial charge in [-0.25, -0.2) is 14.6 Å². The minimum absolute atomic E-state index is 0.141. The third-order valence-electron chi connectivity index (χ3n) is 3.47. The molecule has 0 aliphatic rings. The Kier molecular flexibility index (Phi) is 4.51. The largest absolute Gasteiger partial charge is 0.363 e. The van der Waals surface area contributed by atoms with Crippen LogP contribution >= 0.6 is 0 Å². The van der Waals surface area contributed by atoms with Crippen molar-refractivity contribution in [2.75, 3.05) is 19.0 Å². The lowest BCUT2D eigenvalue weighted by atomic mass is 10.2. The molecule has 122 valence electrons. The van der Waals surface area contributed by atoms with Crippen LogP contribution in [0.3, 0.4) is 0 Å². The molecule has 0 saturated carbocycles. The van der Waals surface area contributed by atoms with Gasteiger partial charge in [0.05, 0.1) is 0 Å². The fourth-order valence-corrected chi connectivity index (χ4v) is 2.19. The second kappa shape index (κ2) is 6.91. The first kappa shape index (κ1) is 15.7. The third kappa shape index (κ3) is 3.57. The summed E-state index contributed by atoms with van der Waals surface area (Å²) in [5.41, 5.74) is 1.53. The van der Waals surface area contributed by atoms with Crippen molar-refractivity contribution in [2.24, 2.45) is 0 Å². The van der Waals surface area contributed by atoms with Crippen LogP contribution in [0.4, 0.5) is 5.82 Å². The highest BCUT2D eigenvalue weighted by Crippen LogP contribution is 2.10. The number of nitrogens with one attached hydrogen (secondary N) is 1. The van der Waals surface area contributed by atoms with Gasteiger partial charge in [-0.15, -0.1) is 0 Å². The van der Waals surface area contributed by atoms with Crippen molar-refractivity contribution in [2.45, 2.75) is 6.54 Å². The Morgan fingerprint density at radius 1 is 1.17 bits per heavy atom. The molecule has 0 aliphatic carbocycles. The van der Waals surface area contributed by atoms with Gasteiger partial charge in [-0.1, -0.05) is 0 Å². The lowest BCUT2D eigenvalue weighted by molar-refractivity contribution is 0.0951. The molecule has 3 aromatic rings. The monoisotopic (exact) mass is 322 g/mol. The molecule has 0 atom stereocenters. The number of rotatable bonds is 5. The second-order valence-electron chi connectivity index (χ2n) is 5.45. The van der Waals surface area contributed by atoms with E-state index in [0.29, 0.717) is 17.9 Å². The maximum absolute atomic E-state index is 12.3. The first-order chi connectivity index (χ1) is 11.6. The molecule has 7 heteroatoms. The molecule has 3 heterocycles. The average Bonchev–Trinajstić information content (AvgIpc) is 3.15. The predicted molar refractivity (Wildman–Crippen MR) is 91.1 cm³/mol. The Labute approximate surface area is 140 Å². The number of hydrogen-bond donors (Lipinski definition) is 1. The topological polar surface area (TPSA) is 75.9 Å². The van der Waals surface area contributed by atoms with E-state index in [1.54, 1.807) is 35.4 Å². The summed E-state index contributed by atoms with van der Waals surface area (Å²) < 4.78 is 1.68. The van der Waals surface area contributed by atoms with E-state index in [-0.39, 0.29) is 5.91 Å². The van der Waals surface area contributed by atoms with Crippen molar-refractivity contribution in [1.29, 1.82) is 0 Å². The first-order valence-electron chi connectivity index (χ1n) is 7.50. The molecule has 3 rings (SSSR count). The molecule has 0 aromatic carbocycles. The van der Waals surface area contributed by atoms with Gasteiger partial charge in [0.1, 0.15) is 5.82 Å². The lowest BCUT2D eigenvalue weighted by Crippen LogP contribution is -2.23. The number of pyridine rings is 2. The third-order valence-corrected chi connectivity index (χ3v) is 3.47. The smallest absolute Gasteiger partial charge is 0.251 e. The van der Waals surface area contributed by atoms with Crippen LogP contribution in [-0.4, -0.2) is 39.8 Å². The van der Waals surface area contributed by atoms with Crippen LogP contribution in [0.25, 0.3) is 5.82 Å². The number of carbonyl (C=O) groups excluding carboxylic acids is 1. The van der Waals surface area contributed by atoms with E-state index in [2.05, 4.69) is 20.4 Å². The van der Waals surface area contributed by atoms with Crippen LogP contribution in [0.5, 0.6) is 0 Å². The molecular weight excluding hydrogens is 304 g/mol. The molecular formula is C17H18N6O. The average molecular weight is 322 g/mol. The van der Waals surface area contributed by atoms with E-state index < -0.39 is 0 Å². The van der Waals surface area contributed by atoms with E-state index in [1.807, 2.05) is 43.4 Å². The molecule has 0 fully saturated rings. The molecule has 24 heavy (non-hydrogen) atoms. The van der Waals surface area contributed by atoms with Gasteiger partial charge in [0.15, 0.2) is 5.82 Å². The zero-order valence-corrected chi connectivity index (χ0v) is 13.5. The summed E-state index contributed by atoms with van der Waals surface area (Å²) in [4.78, 5) is 22.7. The van der Waals surface area contributed by atoms with E-state index in [0.717, 1.165) is 11.4 Å². The quantitative estimate of drug-likeness (QED) is 0.773. The minimum atomic E-state index is -0.141. The van der Waals surface area contributed by atoms with E-state index in [9.17, 15) is 4.79 Å². The molecule has 3 aromatic heterocycles. The fraction of sp³-hybridized carbons (Fsp3) is 0.176. The molecule has 0 spiro atoms. The van der Waals surface area contributed by atoms with E-state index in [4.69, 9.17) is 0 Å². The standard InChI is InChI=1S/C17H18N6O/c1-22(2)15-11-14(5-8-18-15)17(24)20-12-13-4-7-19-16(10-13)23-9-3-6-21-23/h3-11H,12H2,1-2H3,(H,20,24). The molecule has 0 aliphatic heterocycles. The lowest BCUT2D eigenvalue weighted by Gasteiger charge is -2.12. The normalized spacial score (nSPS) is 10.4. The fourth-order valence-electron chi connectivity index (χ4n) is 2.19. The highest BCUT2D eigenvalue weighted by Gasteiger charge is 2.08. The van der Waals surface area contributed by atoms with Gasteiger partial charge in [-0.3, -0.25) is 4.79 Å². The molecule has 0 saturated heterocycles. The van der Waals surface area contributed by atoms with Crippen LogP contribution in [0, 0.1) is 0 Å². The van der Waals surface area contributed by atoms with Crippen LogP contribution in [0.2, 0.25) is 0 Å². The van der Waals surface area contributed by atoms with Gasteiger partial charge in [0.25, 0.3) is 5.91 Å². The number of amides is 1. The number of anilines is 1. The maximum atomic E-state index is 12.3. The molecule has 0 unspecified atom stereocenters. The molecule has 7 nitrogen and oxygen atoms in total. The van der Waals surface area contributed by atoms with E-state index >= 15 is 0 Å². The molecule has 1 N–H and O–H groups in total. The van der Waals surface area contributed by atoms with Gasteiger partial charge in [-0.2, -0.15) is 5.10 Å². The van der Waals surface area contributed by atoms with Crippen LogP contribution in [0.15, 0.2) is 55.1 Å². The second-order valence-corrected chi connectivity index (χ2v) is 5.45. The van der Waals surface area contributed by atoms with Crippen LogP contribution in [-0.2, 0) is 6.54 Å². The number of carbonyl (C=O) groups is 1. The van der Waals surface area contributed by atoms with Crippen molar-refractivity contribution in [3.63, 3.8) is 0 Å². The van der Waals surface area contributed by atoms with Gasteiger partial charge in [0, 0.05) is 51.0 Å². The Morgan fingerprint density at radius 2 is 2.00 bits per heavy atom. The van der Waals surface area contributed by atoms with E-state index in [1.165, 1.54) is 0 Å². The Morgan fingerprint density at radius 3 is 2.75 bits per heavy atom. The number of hydrogen-bond acceptors (Lipinski definition) is 5. The Balaban J connectivity index is 1.68. The maximum Gasteiger partial charge on any atom is 0.251 e. The summed E-state index contributed by atoms with van der Waals surface area (Å²) in [6, 6.07) is 9.05.